The summed E-state index contributed by atoms with van der Waals surface area (Å²) < 4.78 is 5.73. The molecule has 0 atom stereocenters. The zero-order valence-corrected chi connectivity index (χ0v) is 14.2. The standard InChI is InChI=1S/C18H16ClN5O/c1-12-10-11-21-18(22-12)24-17(20)23-14-4-8-16(9-5-14)25-15-6-2-13(19)3-7-15/h2-11H,1H3,(H3,20,21,22,23,24). The fourth-order valence-corrected chi connectivity index (χ4v) is 2.14. The molecule has 0 aliphatic carbocycles. The largest absolute Gasteiger partial charge is 0.457 e. The molecule has 3 rings (SSSR count). The summed E-state index contributed by atoms with van der Waals surface area (Å²) in [6, 6.07) is 16.3. The van der Waals surface area contributed by atoms with Gasteiger partial charge in [0.05, 0.1) is 0 Å². The van der Waals surface area contributed by atoms with E-state index in [4.69, 9.17) is 22.1 Å². The Kier molecular flexibility index (Phi) is 5.11. The van der Waals surface area contributed by atoms with Crippen molar-refractivity contribution in [2.24, 2.45) is 10.7 Å². The molecule has 0 unspecified atom stereocenters. The maximum Gasteiger partial charge on any atom is 0.252 e. The molecule has 3 N–H and O–H groups in total. The summed E-state index contributed by atoms with van der Waals surface area (Å²) in [5.74, 6) is 1.93. The smallest absolute Gasteiger partial charge is 0.252 e. The summed E-state index contributed by atoms with van der Waals surface area (Å²) >= 11 is 5.85. The number of ether oxygens (including phenoxy) is 1. The topological polar surface area (TPSA) is 85.4 Å². The molecule has 0 spiro atoms. The lowest BCUT2D eigenvalue weighted by Gasteiger charge is -2.08. The van der Waals surface area contributed by atoms with E-state index in [1.807, 2.05) is 31.2 Å². The highest BCUT2D eigenvalue weighted by atomic mass is 35.5. The molecule has 2 aromatic carbocycles. The van der Waals surface area contributed by atoms with Gasteiger partial charge in [-0.05, 0) is 61.5 Å². The van der Waals surface area contributed by atoms with Crippen LogP contribution in [0.1, 0.15) is 5.69 Å². The van der Waals surface area contributed by atoms with Gasteiger partial charge in [-0.1, -0.05) is 11.6 Å². The Balaban J connectivity index is 1.65. The Morgan fingerprint density at radius 1 is 1.04 bits per heavy atom. The summed E-state index contributed by atoms with van der Waals surface area (Å²) in [6.07, 6.45) is 1.64. The predicted octanol–water partition coefficient (Wildman–Crippen LogP) is 4.29. The van der Waals surface area contributed by atoms with Crippen molar-refractivity contribution in [1.82, 2.24) is 9.97 Å². The number of guanidine groups is 1. The van der Waals surface area contributed by atoms with Gasteiger partial charge >= 0.3 is 0 Å². The zero-order valence-electron chi connectivity index (χ0n) is 13.5. The molecule has 0 bridgehead atoms. The molecule has 0 aliphatic heterocycles. The Labute approximate surface area is 150 Å². The summed E-state index contributed by atoms with van der Waals surface area (Å²) in [7, 11) is 0. The number of aryl methyl sites for hydroxylation is 1. The minimum absolute atomic E-state index is 0.206. The maximum absolute atomic E-state index is 5.88. The molecule has 126 valence electrons. The first-order valence-electron chi connectivity index (χ1n) is 7.53. The lowest BCUT2D eigenvalue weighted by atomic mass is 10.3. The van der Waals surface area contributed by atoms with Gasteiger partial charge in [-0.3, -0.25) is 0 Å². The first-order chi connectivity index (χ1) is 12.1. The van der Waals surface area contributed by atoms with E-state index in [1.54, 1.807) is 36.5 Å². The molecular formula is C18H16ClN5O. The quantitative estimate of drug-likeness (QED) is 0.540. The molecule has 0 radical (unpaired) electrons. The van der Waals surface area contributed by atoms with Crippen LogP contribution in [-0.2, 0) is 0 Å². The second-order valence-corrected chi connectivity index (χ2v) is 5.64. The van der Waals surface area contributed by atoms with Gasteiger partial charge in [0.15, 0.2) is 0 Å². The van der Waals surface area contributed by atoms with E-state index in [0.29, 0.717) is 22.5 Å². The average Bonchev–Trinajstić information content (AvgIpc) is 2.59. The van der Waals surface area contributed by atoms with Crippen LogP contribution < -0.4 is 15.8 Å². The van der Waals surface area contributed by atoms with Gasteiger partial charge in [-0.15, -0.1) is 0 Å². The molecule has 0 amide bonds. The molecule has 0 saturated carbocycles. The third kappa shape index (κ3) is 4.92. The van der Waals surface area contributed by atoms with Crippen LogP contribution in [0.4, 0.5) is 11.6 Å². The average molecular weight is 354 g/mol. The van der Waals surface area contributed by atoms with E-state index in [9.17, 15) is 0 Å². The number of aromatic nitrogens is 2. The number of aliphatic imine (C=N–C) groups is 1. The fourth-order valence-electron chi connectivity index (χ4n) is 2.02. The molecule has 1 aromatic heterocycles. The van der Waals surface area contributed by atoms with Gasteiger partial charge in [0.2, 0.25) is 5.96 Å². The van der Waals surface area contributed by atoms with Crippen molar-refractivity contribution in [2.75, 3.05) is 5.32 Å². The molecule has 0 saturated heterocycles. The molecule has 6 nitrogen and oxygen atoms in total. The van der Waals surface area contributed by atoms with Gasteiger partial charge < -0.3 is 15.8 Å². The van der Waals surface area contributed by atoms with Crippen LogP contribution in [0, 0.1) is 6.92 Å². The van der Waals surface area contributed by atoms with Crippen LogP contribution in [0.2, 0.25) is 5.02 Å². The van der Waals surface area contributed by atoms with Crippen LogP contribution in [0.5, 0.6) is 11.5 Å². The molecule has 0 fully saturated rings. The van der Waals surface area contributed by atoms with Crippen LogP contribution >= 0.6 is 11.6 Å². The molecular weight excluding hydrogens is 338 g/mol. The third-order valence-corrected chi connectivity index (χ3v) is 3.43. The van der Waals surface area contributed by atoms with E-state index in [-0.39, 0.29) is 5.96 Å². The molecule has 3 aromatic rings. The number of nitrogens with two attached hydrogens (primary N) is 1. The van der Waals surface area contributed by atoms with E-state index in [0.717, 1.165) is 11.4 Å². The number of halogens is 1. The Morgan fingerprint density at radius 2 is 1.68 bits per heavy atom. The number of nitrogens with one attached hydrogen (secondary N) is 1. The number of rotatable bonds is 4. The minimum Gasteiger partial charge on any atom is -0.457 e. The third-order valence-electron chi connectivity index (χ3n) is 3.18. The van der Waals surface area contributed by atoms with Crippen molar-refractivity contribution in [3.8, 4) is 11.5 Å². The molecule has 7 heteroatoms. The highest BCUT2D eigenvalue weighted by molar-refractivity contribution is 6.30. The van der Waals surface area contributed by atoms with E-state index < -0.39 is 0 Å². The van der Waals surface area contributed by atoms with Crippen molar-refractivity contribution in [3.63, 3.8) is 0 Å². The van der Waals surface area contributed by atoms with Crippen molar-refractivity contribution in [3.05, 3.63) is 71.5 Å². The zero-order chi connectivity index (χ0) is 17.6. The molecule has 0 aliphatic rings. The van der Waals surface area contributed by atoms with Crippen LogP contribution in [0.25, 0.3) is 0 Å². The van der Waals surface area contributed by atoms with Gasteiger partial charge in [-0.25, -0.2) is 9.97 Å². The predicted molar refractivity (Wildman–Crippen MR) is 99.6 cm³/mol. The van der Waals surface area contributed by atoms with Gasteiger partial charge in [0.1, 0.15) is 11.5 Å². The number of nitrogens with zero attached hydrogens (tertiary/aromatic N) is 3. The van der Waals surface area contributed by atoms with Gasteiger partial charge in [-0.2, -0.15) is 4.99 Å². The van der Waals surface area contributed by atoms with E-state index >= 15 is 0 Å². The minimum atomic E-state index is 0.206. The van der Waals surface area contributed by atoms with Crippen molar-refractivity contribution < 1.29 is 4.74 Å². The summed E-state index contributed by atoms with van der Waals surface area (Å²) in [6.45, 7) is 1.86. The molecule has 1 heterocycles. The monoisotopic (exact) mass is 353 g/mol. The number of hydrogen-bond donors (Lipinski definition) is 2. The lowest BCUT2D eigenvalue weighted by Crippen LogP contribution is -2.22. The molecule has 25 heavy (non-hydrogen) atoms. The van der Waals surface area contributed by atoms with Crippen LogP contribution in [0.3, 0.4) is 0 Å². The number of anilines is 1. The van der Waals surface area contributed by atoms with E-state index in [1.165, 1.54) is 0 Å². The Hall–Kier alpha value is -3.12. The van der Waals surface area contributed by atoms with E-state index in [2.05, 4.69) is 20.3 Å². The van der Waals surface area contributed by atoms with Gasteiger partial charge in [0.25, 0.3) is 5.95 Å². The summed E-state index contributed by atoms with van der Waals surface area (Å²) in [5, 5.41) is 3.65. The van der Waals surface area contributed by atoms with Crippen LogP contribution in [0.15, 0.2) is 65.8 Å². The van der Waals surface area contributed by atoms with Crippen molar-refractivity contribution in [1.29, 1.82) is 0 Å². The van der Waals surface area contributed by atoms with Gasteiger partial charge in [0, 0.05) is 22.6 Å². The maximum atomic E-state index is 5.88. The Morgan fingerprint density at radius 3 is 2.32 bits per heavy atom. The van der Waals surface area contributed by atoms with Crippen molar-refractivity contribution in [2.45, 2.75) is 6.92 Å². The number of benzene rings is 2. The summed E-state index contributed by atoms with van der Waals surface area (Å²) in [5.41, 5.74) is 7.48. The second-order valence-electron chi connectivity index (χ2n) is 5.20. The van der Waals surface area contributed by atoms with Crippen LogP contribution in [-0.4, -0.2) is 15.9 Å². The van der Waals surface area contributed by atoms with Crippen molar-refractivity contribution >= 4 is 29.2 Å². The fraction of sp³-hybridized carbons (Fsp3) is 0.0556. The highest BCUT2D eigenvalue weighted by Crippen LogP contribution is 2.24. The first kappa shape index (κ1) is 16.7. The first-order valence-corrected chi connectivity index (χ1v) is 7.90. The SMILES string of the molecule is Cc1ccnc(N=C(N)Nc2ccc(Oc3ccc(Cl)cc3)cc2)n1. The lowest BCUT2D eigenvalue weighted by molar-refractivity contribution is 0.483. The highest BCUT2D eigenvalue weighted by Gasteiger charge is 2.01. The Bertz CT molecular complexity index is 879. The summed E-state index contributed by atoms with van der Waals surface area (Å²) in [4.78, 5) is 12.3. The second kappa shape index (κ2) is 7.63. The normalized spacial score (nSPS) is 11.2. The number of hydrogen-bond acceptors (Lipinski definition) is 4.